The number of pyridine rings is 1. The van der Waals surface area contributed by atoms with Crippen molar-refractivity contribution in [3.05, 3.63) is 60.3 Å². The van der Waals surface area contributed by atoms with E-state index in [1.165, 1.54) is 6.33 Å². The highest BCUT2D eigenvalue weighted by Crippen LogP contribution is 2.19. The Morgan fingerprint density at radius 3 is 3.07 bits per heavy atom. The van der Waals surface area contributed by atoms with Gasteiger partial charge in [0.1, 0.15) is 12.1 Å². The molecule has 1 aliphatic heterocycles. The molecule has 1 fully saturated rings. The molecule has 4 heterocycles. The van der Waals surface area contributed by atoms with Gasteiger partial charge in [-0.3, -0.25) is 9.78 Å². The van der Waals surface area contributed by atoms with Gasteiger partial charge < -0.3 is 20.9 Å². The number of likely N-dealkylation sites (tertiary alicyclic amines) is 1. The summed E-state index contributed by atoms with van der Waals surface area (Å²) in [6, 6.07) is 9.94. The van der Waals surface area contributed by atoms with Crippen molar-refractivity contribution in [3.8, 4) is 0 Å². The number of hydrogen-bond donors (Lipinski definition) is 3. The van der Waals surface area contributed by atoms with E-state index in [2.05, 4.69) is 31.3 Å². The topological polar surface area (TPSA) is 113 Å². The van der Waals surface area contributed by atoms with E-state index >= 15 is 0 Å². The van der Waals surface area contributed by atoms with E-state index < -0.39 is 0 Å². The number of H-pyrrole nitrogens is 1. The van der Waals surface area contributed by atoms with Crippen molar-refractivity contribution < 1.29 is 4.79 Å². The van der Waals surface area contributed by atoms with Crippen molar-refractivity contribution in [2.45, 2.75) is 25.4 Å². The first-order chi connectivity index (χ1) is 14.7. The summed E-state index contributed by atoms with van der Waals surface area (Å²) >= 11 is 0. The lowest BCUT2D eigenvalue weighted by Gasteiger charge is -2.17. The maximum Gasteiger partial charge on any atom is 0.239 e. The maximum absolute atomic E-state index is 12.8. The second-order valence-electron chi connectivity index (χ2n) is 7.67. The summed E-state index contributed by atoms with van der Waals surface area (Å²) < 4.78 is 0. The van der Waals surface area contributed by atoms with Gasteiger partial charge in [0.05, 0.1) is 23.3 Å². The predicted octanol–water partition coefficient (Wildman–Crippen LogP) is 2.02. The van der Waals surface area contributed by atoms with Crippen molar-refractivity contribution in [1.82, 2.24) is 30.2 Å². The van der Waals surface area contributed by atoms with Crippen LogP contribution in [0.4, 0.5) is 5.82 Å². The summed E-state index contributed by atoms with van der Waals surface area (Å²) in [7, 11) is 0. The quantitative estimate of drug-likeness (QED) is 0.456. The normalized spacial score (nSPS) is 16.7. The number of carbonyl (C=O) groups excluding carboxylic acids is 1. The van der Waals surface area contributed by atoms with Crippen LogP contribution in [0.5, 0.6) is 0 Å². The highest BCUT2D eigenvalue weighted by atomic mass is 16.2. The van der Waals surface area contributed by atoms with Crippen molar-refractivity contribution >= 4 is 33.5 Å². The minimum Gasteiger partial charge on any atom is -0.383 e. The van der Waals surface area contributed by atoms with Gasteiger partial charge in [-0.2, -0.15) is 0 Å². The van der Waals surface area contributed by atoms with E-state index in [1.807, 2.05) is 35.4 Å². The van der Waals surface area contributed by atoms with Crippen LogP contribution in [-0.4, -0.2) is 49.9 Å². The second-order valence-corrected chi connectivity index (χ2v) is 7.67. The van der Waals surface area contributed by atoms with Gasteiger partial charge >= 0.3 is 0 Å². The molecule has 1 aliphatic rings. The Morgan fingerprint density at radius 1 is 1.23 bits per heavy atom. The third kappa shape index (κ3) is 3.57. The van der Waals surface area contributed by atoms with Crippen molar-refractivity contribution in [2.75, 3.05) is 18.8 Å². The maximum atomic E-state index is 12.8. The molecule has 5 rings (SSSR count). The van der Waals surface area contributed by atoms with Gasteiger partial charge in [-0.05, 0) is 42.7 Å². The Morgan fingerprint density at radius 2 is 2.17 bits per heavy atom. The zero-order chi connectivity index (χ0) is 20.5. The van der Waals surface area contributed by atoms with E-state index in [-0.39, 0.29) is 11.9 Å². The monoisotopic (exact) mass is 401 g/mol. The van der Waals surface area contributed by atoms with Crippen molar-refractivity contribution in [1.29, 1.82) is 0 Å². The summed E-state index contributed by atoms with van der Waals surface area (Å²) in [4.78, 5) is 30.5. The Labute approximate surface area is 173 Å². The summed E-state index contributed by atoms with van der Waals surface area (Å²) in [5, 5.41) is 5.38. The number of benzene rings is 1. The number of hydrogen-bond acceptors (Lipinski definition) is 6. The summed E-state index contributed by atoms with van der Waals surface area (Å²) in [6.07, 6.45) is 6.68. The lowest BCUT2D eigenvalue weighted by Crippen LogP contribution is -2.38. The standard InChI is InChI=1S/C22H23N7O/c23-21-17-2-1-14(9-19(17)26-13-27-21)4-7-29-8-5-18(22(29)30)25-11-16-10-15-3-6-24-12-20(15)28-16/h1-3,6,9-10,12-13,18,25,28H,4-5,7-8,11H2,(H2,23,26,27)/t18-/m0/s1. The molecule has 0 spiro atoms. The number of nitrogens with zero attached hydrogens (tertiary/aromatic N) is 4. The van der Waals surface area contributed by atoms with Crippen molar-refractivity contribution in [2.24, 2.45) is 0 Å². The minimum absolute atomic E-state index is 0.140. The van der Waals surface area contributed by atoms with Crippen LogP contribution in [0, 0.1) is 0 Å². The zero-order valence-corrected chi connectivity index (χ0v) is 16.5. The van der Waals surface area contributed by atoms with Gasteiger partial charge in [0.25, 0.3) is 0 Å². The number of aromatic amines is 1. The molecule has 4 aromatic rings. The summed E-state index contributed by atoms with van der Waals surface area (Å²) in [6.45, 7) is 2.10. The number of nitrogens with one attached hydrogen (secondary N) is 2. The first-order valence-electron chi connectivity index (χ1n) is 10.1. The highest BCUT2D eigenvalue weighted by molar-refractivity contribution is 5.88. The summed E-state index contributed by atoms with van der Waals surface area (Å²) in [5.74, 6) is 0.654. The number of rotatable bonds is 6. The molecular weight excluding hydrogens is 378 g/mol. The molecule has 8 nitrogen and oxygen atoms in total. The Hall–Kier alpha value is -3.52. The molecule has 1 amide bonds. The minimum atomic E-state index is -0.140. The van der Waals surface area contributed by atoms with Crippen LogP contribution < -0.4 is 11.1 Å². The van der Waals surface area contributed by atoms with Gasteiger partial charge in [-0.1, -0.05) is 6.07 Å². The third-order valence-electron chi connectivity index (χ3n) is 5.72. The predicted molar refractivity (Wildman–Crippen MR) is 116 cm³/mol. The van der Waals surface area contributed by atoms with Crippen LogP contribution in [0.15, 0.2) is 49.1 Å². The molecule has 0 aliphatic carbocycles. The van der Waals surface area contributed by atoms with Crippen LogP contribution in [0.25, 0.3) is 21.8 Å². The summed E-state index contributed by atoms with van der Waals surface area (Å²) in [5.41, 5.74) is 9.93. The molecule has 4 N–H and O–H groups in total. The van der Waals surface area contributed by atoms with Crippen LogP contribution in [0.2, 0.25) is 0 Å². The van der Waals surface area contributed by atoms with Gasteiger partial charge in [0.2, 0.25) is 5.91 Å². The lowest BCUT2D eigenvalue weighted by molar-refractivity contribution is -0.129. The second kappa shape index (κ2) is 7.72. The first-order valence-corrected chi connectivity index (χ1v) is 10.1. The fourth-order valence-electron chi connectivity index (χ4n) is 4.05. The molecule has 8 heteroatoms. The lowest BCUT2D eigenvalue weighted by atomic mass is 10.1. The number of fused-ring (bicyclic) bond motifs is 2. The first kappa shape index (κ1) is 18.5. The number of nitrogens with two attached hydrogens (primary N) is 1. The Kier molecular flexibility index (Phi) is 4.76. The molecule has 0 saturated carbocycles. The number of aromatic nitrogens is 4. The van der Waals surface area contributed by atoms with Gasteiger partial charge in [-0.15, -0.1) is 0 Å². The molecule has 0 bridgehead atoms. The van der Waals surface area contributed by atoms with E-state index in [1.54, 1.807) is 6.20 Å². The average molecular weight is 401 g/mol. The smallest absolute Gasteiger partial charge is 0.239 e. The van der Waals surface area contributed by atoms with Crippen LogP contribution in [0.1, 0.15) is 17.7 Å². The largest absolute Gasteiger partial charge is 0.383 e. The fraction of sp³-hybridized carbons (Fsp3) is 0.273. The van der Waals surface area contributed by atoms with E-state index in [0.29, 0.717) is 18.9 Å². The SMILES string of the molecule is Nc1ncnc2cc(CCN3CC[C@H](NCc4cc5ccncc5[nH]4)C3=O)ccc12. The molecule has 30 heavy (non-hydrogen) atoms. The zero-order valence-electron chi connectivity index (χ0n) is 16.5. The van der Waals surface area contributed by atoms with Crippen LogP contribution in [0.3, 0.4) is 0 Å². The van der Waals surface area contributed by atoms with Crippen LogP contribution >= 0.6 is 0 Å². The van der Waals surface area contributed by atoms with Gasteiger partial charge in [0, 0.05) is 42.3 Å². The van der Waals surface area contributed by atoms with Gasteiger partial charge in [-0.25, -0.2) is 9.97 Å². The Balaban J connectivity index is 1.17. The highest BCUT2D eigenvalue weighted by Gasteiger charge is 2.30. The molecule has 0 radical (unpaired) electrons. The number of nitrogen functional groups attached to an aromatic ring is 1. The van der Waals surface area contributed by atoms with E-state index in [9.17, 15) is 4.79 Å². The molecular formula is C22H23N7O. The third-order valence-corrected chi connectivity index (χ3v) is 5.72. The fourth-order valence-corrected chi connectivity index (χ4v) is 4.05. The van der Waals surface area contributed by atoms with Gasteiger partial charge in [0.15, 0.2) is 0 Å². The molecule has 3 aromatic heterocycles. The van der Waals surface area contributed by atoms with E-state index in [0.717, 1.165) is 52.4 Å². The van der Waals surface area contributed by atoms with E-state index in [4.69, 9.17) is 5.73 Å². The average Bonchev–Trinajstić information content (AvgIpc) is 3.33. The molecule has 1 saturated heterocycles. The molecule has 0 unspecified atom stereocenters. The van der Waals surface area contributed by atoms with Crippen LogP contribution in [-0.2, 0) is 17.8 Å². The molecule has 1 aromatic carbocycles. The molecule has 152 valence electrons. The number of anilines is 1. The van der Waals surface area contributed by atoms with Crippen molar-refractivity contribution in [3.63, 3.8) is 0 Å². The number of carbonyl (C=O) groups is 1. The number of amides is 1. The Bertz CT molecular complexity index is 1190. The molecule has 1 atom stereocenters.